The summed E-state index contributed by atoms with van der Waals surface area (Å²) in [5.41, 5.74) is 4.23. The molecule has 0 fully saturated rings. The van der Waals surface area contributed by atoms with Crippen LogP contribution in [-0.4, -0.2) is 12.2 Å². The number of hydrogen-bond acceptors (Lipinski definition) is 2. The van der Waals surface area contributed by atoms with Crippen molar-refractivity contribution in [3.8, 4) is 0 Å². The van der Waals surface area contributed by atoms with E-state index in [1.54, 1.807) is 6.21 Å². The summed E-state index contributed by atoms with van der Waals surface area (Å²) in [6, 6.07) is 27.4. The fourth-order valence-corrected chi connectivity index (χ4v) is 3.02. The van der Waals surface area contributed by atoms with E-state index in [0.29, 0.717) is 0 Å². The zero-order valence-corrected chi connectivity index (χ0v) is 14.0. The van der Waals surface area contributed by atoms with Gasteiger partial charge in [0.15, 0.2) is 0 Å². The lowest BCUT2D eigenvalue weighted by Gasteiger charge is -2.08. The number of benzene rings is 4. The van der Waals surface area contributed by atoms with Gasteiger partial charge in [-0.3, -0.25) is 0 Å². The molecule has 2 amide bonds. The number of hydrazone groups is 1. The van der Waals surface area contributed by atoms with Crippen LogP contribution in [0.25, 0.3) is 21.5 Å². The molecule has 4 aromatic rings. The van der Waals surface area contributed by atoms with Crippen molar-refractivity contribution < 1.29 is 4.79 Å². The molecule has 0 bridgehead atoms. The maximum absolute atomic E-state index is 12.0. The van der Waals surface area contributed by atoms with E-state index in [1.165, 1.54) is 0 Å². The van der Waals surface area contributed by atoms with Crippen molar-refractivity contribution in [2.45, 2.75) is 0 Å². The summed E-state index contributed by atoms with van der Waals surface area (Å²) >= 11 is 0. The summed E-state index contributed by atoms with van der Waals surface area (Å²) < 4.78 is 0. The number of carbonyl (C=O) groups excluding carboxylic acids is 1. The van der Waals surface area contributed by atoms with Crippen molar-refractivity contribution in [2.24, 2.45) is 5.10 Å². The van der Waals surface area contributed by atoms with E-state index in [0.717, 1.165) is 32.8 Å². The Morgan fingerprint density at radius 2 is 1.35 bits per heavy atom. The predicted molar refractivity (Wildman–Crippen MR) is 108 cm³/mol. The highest BCUT2D eigenvalue weighted by Gasteiger charge is 2.05. The second kappa shape index (κ2) is 7.07. The molecule has 0 spiro atoms. The minimum Gasteiger partial charge on any atom is -0.307 e. The summed E-state index contributed by atoms with van der Waals surface area (Å²) in [6.07, 6.45) is 1.70. The molecule has 0 radical (unpaired) electrons. The topological polar surface area (TPSA) is 53.5 Å². The van der Waals surface area contributed by atoms with Gasteiger partial charge in [0.25, 0.3) is 0 Å². The fraction of sp³-hybridized carbons (Fsp3) is 0. The summed E-state index contributed by atoms with van der Waals surface area (Å²) in [4.78, 5) is 12.0. The zero-order chi connectivity index (χ0) is 17.8. The van der Waals surface area contributed by atoms with Gasteiger partial charge >= 0.3 is 6.03 Å². The molecule has 0 saturated heterocycles. The van der Waals surface area contributed by atoms with Crippen LogP contribution in [0.1, 0.15) is 5.56 Å². The number of rotatable bonds is 3. The molecule has 2 N–H and O–H groups in total. The average Bonchev–Trinajstić information content (AvgIpc) is 2.68. The Kier molecular flexibility index (Phi) is 4.31. The molecular formula is C22H17N3O. The number of anilines is 1. The van der Waals surface area contributed by atoms with E-state index in [2.05, 4.69) is 46.2 Å². The molecule has 26 heavy (non-hydrogen) atoms. The molecule has 0 atom stereocenters. The number of nitrogens with one attached hydrogen (secondary N) is 2. The van der Waals surface area contributed by atoms with Crippen LogP contribution >= 0.6 is 0 Å². The van der Waals surface area contributed by atoms with E-state index in [4.69, 9.17) is 0 Å². The van der Waals surface area contributed by atoms with E-state index in [9.17, 15) is 4.79 Å². The van der Waals surface area contributed by atoms with E-state index < -0.39 is 0 Å². The lowest BCUT2D eigenvalue weighted by Crippen LogP contribution is -2.24. The number of para-hydroxylation sites is 1. The molecule has 0 aromatic heterocycles. The third kappa shape index (κ3) is 3.26. The molecule has 0 unspecified atom stereocenters. The molecule has 0 aliphatic rings. The zero-order valence-electron chi connectivity index (χ0n) is 14.0. The van der Waals surface area contributed by atoms with Crippen LogP contribution in [-0.2, 0) is 0 Å². The van der Waals surface area contributed by atoms with E-state index in [-0.39, 0.29) is 6.03 Å². The molecule has 0 heterocycles. The summed E-state index contributed by atoms with van der Waals surface area (Å²) in [5, 5.41) is 11.4. The Morgan fingerprint density at radius 1 is 0.769 bits per heavy atom. The summed E-state index contributed by atoms with van der Waals surface area (Å²) in [6.45, 7) is 0. The molecule has 4 rings (SSSR count). The lowest BCUT2D eigenvalue weighted by atomic mass is 9.97. The number of nitrogens with zero attached hydrogens (tertiary/aromatic N) is 1. The molecule has 0 aliphatic heterocycles. The smallest absolute Gasteiger partial charge is 0.307 e. The van der Waals surface area contributed by atoms with Crippen LogP contribution in [0.3, 0.4) is 0 Å². The van der Waals surface area contributed by atoms with Crippen molar-refractivity contribution in [1.82, 2.24) is 5.43 Å². The van der Waals surface area contributed by atoms with Crippen LogP contribution < -0.4 is 10.7 Å². The Hall–Kier alpha value is -3.66. The largest absolute Gasteiger partial charge is 0.339 e. The lowest BCUT2D eigenvalue weighted by molar-refractivity contribution is 0.252. The SMILES string of the molecule is O=C(N/N=C\c1c2ccccc2cc2ccccc12)Nc1ccccc1. The summed E-state index contributed by atoms with van der Waals surface area (Å²) in [5.74, 6) is 0. The highest BCUT2D eigenvalue weighted by Crippen LogP contribution is 2.27. The standard InChI is InChI=1S/C22H17N3O/c26-22(24-18-10-2-1-3-11-18)25-23-15-21-19-12-6-4-8-16(19)14-17-9-5-7-13-20(17)21/h1-15H,(H2,24,25,26)/b23-15-. The van der Waals surface area contributed by atoms with Crippen molar-refractivity contribution in [1.29, 1.82) is 0 Å². The average molecular weight is 339 g/mol. The normalized spacial score (nSPS) is 11.1. The van der Waals surface area contributed by atoms with Gasteiger partial charge in [-0.2, -0.15) is 5.10 Å². The van der Waals surface area contributed by atoms with Gasteiger partial charge in [0.05, 0.1) is 6.21 Å². The second-order valence-electron chi connectivity index (χ2n) is 5.92. The monoisotopic (exact) mass is 339 g/mol. The van der Waals surface area contributed by atoms with Crippen LogP contribution in [0.15, 0.2) is 90.0 Å². The van der Waals surface area contributed by atoms with Gasteiger partial charge < -0.3 is 5.32 Å². The molecule has 0 saturated carbocycles. The first-order chi connectivity index (χ1) is 12.8. The van der Waals surface area contributed by atoms with Crippen molar-refractivity contribution in [3.05, 3.63) is 90.5 Å². The van der Waals surface area contributed by atoms with Gasteiger partial charge in [-0.1, -0.05) is 66.7 Å². The van der Waals surface area contributed by atoms with Gasteiger partial charge in [0.2, 0.25) is 0 Å². The number of hydrogen-bond donors (Lipinski definition) is 2. The maximum Gasteiger partial charge on any atom is 0.339 e. The molecule has 126 valence electrons. The van der Waals surface area contributed by atoms with Crippen LogP contribution in [0.2, 0.25) is 0 Å². The fourth-order valence-electron chi connectivity index (χ4n) is 3.02. The molecular weight excluding hydrogens is 322 g/mol. The van der Waals surface area contributed by atoms with E-state index in [1.807, 2.05) is 54.6 Å². The number of urea groups is 1. The Labute approximate surface area is 151 Å². The maximum atomic E-state index is 12.0. The minimum atomic E-state index is -0.378. The molecule has 0 aliphatic carbocycles. The highest BCUT2D eigenvalue weighted by atomic mass is 16.2. The van der Waals surface area contributed by atoms with Gasteiger partial charge in [-0.15, -0.1) is 0 Å². The van der Waals surface area contributed by atoms with Gasteiger partial charge in [-0.25, -0.2) is 10.2 Å². The third-order valence-electron chi connectivity index (χ3n) is 4.20. The quantitative estimate of drug-likeness (QED) is 0.303. The Bertz CT molecular complexity index is 1050. The summed E-state index contributed by atoms with van der Waals surface area (Å²) in [7, 11) is 0. The molecule has 4 aromatic carbocycles. The Morgan fingerprint density at radius 3 is 2.00 bits per heavy atom. The van der Waals surface area contributed by atoms with Gasteiger partial charge in [0.1, 0.15) is 0 Å². The van der Waals surface area contributed by atoms with Gasteiger partial charge in [0, 0.05) is 11.3 Å². The molecule has 4 heteroatoms. The third-order valence-corrected chi connectivity index (χ3v) is 4.20. The highest BCUT2D eigenvalue weighted by molar-refractivity contribution is 6.13. The predicted octanol–water partition coefficient (Wildman–Crippen LogP) is 5.15. The first-order valence-electron chi connectivity index (χ1n) is 8.37. The van der Waals surface area contributed by atoms with E-state index >= 15 is 0 Å². The number of carbonyl (C=O) groups is 1. The van der Waals surface area contributed by atoms with Gasteiger partial charge in [-0.05, 0) is 39.7 Å². The van der Waals surface area contributed by atoms with Crippen LogP contribution in [0.4, 0.5) is 10.5 Å². The number of amides is 2. The van der Waals surface area contributed by atoms with Crippen LogP contribution in [0, 0.1) is 0 Å². The second-order valence-corrected chi connectivity index (χ2v) is 5.92. The Balaban J connectivity index is 1.63. The number of fused-ring (bicyclic) bond motifs is 2. The van der Waals surface area contributed by atoms with Crippen molar-refractivity contribution in [3.63, 3.8) is 0 Å². The van der Waals surface area contributed by atoms with Crippen molar-refractivity contribution >= 4 is 39.5 Å². The van der Waals surface area contributed by atoms with Crippen molar-refractivity contribution in [2.75, 3.05) is 5.32 Å². The first kappa shape index (κ1) is 15.8. The van der Waals surface area contributed by atoms with Crippen LogP contribution in [0.5, 0.6) is 0 Å². The minimum absolute atomic E-state index is 0.378. The first-order valence-corrected chi connectivity index (χ1v) is 8.37. The molecule has 4 nitrogen and oxygen atoms in total.